The van der Waals surface area contributed by atoms with Crippen LogP contribution in [0.5, 0.6) is 0 Å². The first kappa shape index (κ1) is 31.4. The van der Waals surface area contributed by atoms with E-state index in [1.165, 1.54) is 12.7 Å². The number of carbonyl (C=O) groups is 2. The van der Waals surface area contributed by atoms with Crippen LogP contribution < -0.4 is 11.1 Å². The van der Waals surface area contributed by atoms with Crippen molar-refractivity contribution in [3.05, 3.63) is 12.2 Å². The minimum atomic E-state index is -1.37. The molecule has 5 atom stereocenters. The van der Waals surface area contributed by atoms with Gasteiger partial charge < -0.3 is 35.6 Å². The van der Waals surface area contributed by atoms with Crippen molar-refractivity contribution in [2.45, 2.75) is 103 Å². The van der Waals surface area contributed by atoms with Crippen molar-refractivity contribution in [3.63, 3.8) is 0 Å². The van der Waals surface area contributed by atoms with E-state index in [1.54, 1.807) is 4.57 Å². The summed E-state index contributed by atoms with van der Waals surface area (Å²) >= 11 is 0. The summed E-state index contributed by atoms with van der Waals surface area (Å²) in [6, 6.07) is 0.0871. The number of aromatic nitrogens is 4. The summed E-state index contributed by atoms with van der Waals surface area (Å²) in [5.74, 6) is 2.12. The maximum atomic E-state index is 13.1. The molecule has 2 aromatic heterocycles. The average molecular weight is 602 g/mol. The summed E-state index contributed by atoms with van der Waals surface area (Å²) < 4.78 is 13.4. The van der Waals surface area contributed by atoms with Gasteiger partial charge in [0.15, 0.2) is 17.6 Å². The van der Waals surface area contributed by atoms with E-state index in [9.17, 15) is 19.8 Å². The molecule has 3 fully saturated rings. The van der Waals surface area contributed by atoms with Crippen LogP contribution in [0.1, 0.15) is 71.5 Å². The molecule has 5 N–H and O–H groups in total. The van der Waals surface area contributed by atoms with E-state index in [1.807, 2.05) is 4.90 Å². The lowest BCUT2D eigenvalue weighted by Crippen LogP contribution is -2.46. The Morgan fingerprint density at radius 1 is 1.14 bits per heavy atom. The second-order valence-electron chi connectivity index (χ2n) is 13.0. The maximum absolute atomic E-state index is 13.1. The molecule has 2 amide bonds. The molecule has 0 aromatic carbocycles. The van der Waals surface area contributed by atoms with E-state index in [4.69, 9.17) is 20.2 Å². The number of likely N-dealkylation sites (tertiary alicyclic amines) is 1. The Morgan fingerprint density at radius 3 is 2.56 bits per heavy atom. The number of piperidine rings is 1. The molecule has 5 rings (SSSR count). The molecule has 1 saturated heterocycles. The van der Waals surface area contributed by atoms with Gasteiger partial charge in [-0.05, 0) is 62.2 Å². The molecule has 2 aliphatic carbocycles. The number of ether oxygens (including phenoxy) is 2. The Morgan fingerprint density at radius 2 is 1.88 bits per heavy atom. The highest BCUT2D eigenvalue weighted by Crippen LogP contribution is 2.36. The molecule has 13 nitrogen and oxygen atoms in total. The first-order chi connectivity index (χ1) is 20.6. The Bertz CT molecular complexity index is 1260. The second kappa shape index (κ2) is 13.7. The van der Waals surface area contributed by atoms with Crippen LogP contribution in [0.2, 0.25) is 0 Å². The lowest BCUT2D eigenvalue weighted by atomic mass is 9.75. The fourth-order valence-electron chi connectivity index (χ4n) is 6.36. The lowest BCUT2D eigenvalue weighted by molar-refractivity contribution is -0.147. The highest BCUT2D eigenvalue weighted by Gasteiger charge is 2.36. The van der Waals surface area contributed by atoms with Gasteiger partial charge in [-0.3, -0.25) is 9.36 Å². The molecular formula is C30H47N7O6. The van der Waals surface area contributed by atoms with E-state index >= 15 is 0 Å². The molecule has 238 valence electrons. The first-order valence-electron chi connectivity index (χ1n) is 15.8. The number of carbonyl (C=O) groups excluding carboxylic acids is 2. The number of hydrogen-bond donors (Lipinski definition) is 4. The van der Waals surface area contributed by atoms with Crippen LogP contribution >= 0.6 is 0 Å². The monoisotopic (exact) mass is 601 g/mol. The molecular weight excluding hydrogens is 554 g/mol. The van der Waals surface area contributed by atoms with E-state index in [0.29, 0.717) is 54.3 Å². The highest BCUT2D eigenvalue weighted by atomic mass is 16.6. The van der Waals surface area contributed by atoms with Crippen molar-refractivity contribution < 1.29 is 29.3 Å². The number of aliphatic hydroxyl groups is 2. The smallest absolute Gasteiger partial charge is 0.410 e. The largest absolute Gasteiger partial charge is 0.446 e. The van der Waals surface area contributed by atoms with Crippen LogP contribution in [-0.4, -0.2) is 90.7 Å². The maximum Gasteiger partial charge on any atom is 0.410 e. The van der Waals surface area contributed by atoms with Gasteiger partial charge in [0.2, 0.25) is 0 Å². The SMILES string of the molecule is CC1CCC(C(C)C)C(OC(=O)N2CCC(Cc3nc(N)c4ncn(CO[C@H](C(=O)NC5CC5)C(O)CO)c4n3)CC2)C1. The molecule has 0 radical (unpaired) electrons. The third kappa shape index (κ3) is 7.74. The normalized spacial score (nSPS) is 24.7. The fourth-order valence-corrected chi connectivity index (χ4v) is 6.36. The number of nitrogens with one attached hydrogen (secondary N) is 1. The standard InChI is InChI=1S/C30H47N7O6/c1-17(2)21-7-4-18(3)12-23(21)43-30(41)36-10-8-19(9-11-36)13-24-34-27(31)25-28(35-24)37(15-32-25)16-42-26(22(39)14-38)29(40)33-20-5-6-20/h15,17-23,26,38-39H,4-14,16H2,1-3H3,(H,33,40)(H2,31,34,35)/t18?,21?,22?,23?,26-/m0/s1. The van der Waals surface area contributed by atoms with Gasteiger partial charge in [0.05, 0.1) is 12.9 Å². The molecule has 3 aliphatic rings. The second-order valence-corrected chi connectivity index (χ2v) is 13.0. The molecule has 13 heteroatoms. The fraction of sp³-hybridized carbons (Fsp3) is 0.767. The number of nitrogen functional groups attached to an aromatic ring is 1. The Hall–Kier alpha value is -3.03. The molecule has 0 spiro atoms. The van der Waals surface area contributed by atoms with Gasteiger partial charge in [-0.25, -0.2) is 19.7 Å². The van der Waals surface area contributed by atoms with Crippen LogP contribution in [0.25, 0.3) is 11.2 Å². The summed E-state index contributed by atoms with van der Waals surface area (Å²) in [4.78, 5) is 41.0. The predicted octanol–water partition coefficient (Wildman–Crippen LogP) is 2.23. The summed E-state index contributed by atoms with van der Waals surface area (Å²) in [5, 5.41) is 22.4. The molecule has 1 aliphatic heterocycles. The van der Waals surface area contributed by atoms with Gasteiger partial charge in [0, 0.05) is 25.6 Å². The lowest BCUT2D eigenvalue weighted by Gasteiger charge is -2.38. The number of amides is 2. The number of nitrogens with zero attached hydrogens (tertiary/aromatic N) is 5. The molecule has 2 saturated carbocycles. The van der Waals surface area contributed by atoms with Crippen molar-refractivity contribution in [3.8, 4) is 0 Å². The minimum Gasteiger partial charge on any atom is -0.446 e. The predicted molar refractivity (Wildman–Crippen MR) is 158 cm³/mol. The Kier molecular flexibility index (Phi) is 10.0. The summed E-state index contributed by atoms with van der Waals surface area (Å²) in [6.07, 6.45) is 5.91. The van der Waals surface area contributed by atoms with Crippen LogP contribution in [0, 0.1) is 23.7 Å². The van der Waals surface area contributed by atoms with E-state index in [2.05, 4.69) is 36.1 Å². The summed E-state index contributed by atoms with van der Waals surface area (Å²) in [5.41, 5.74) is 7.11. The van der Waals surface area contributed by atoms with Crippen molar-refractivity contribution in [1.82, 2.24) is 29.7 Å². The van der Waals surface area contributed by atoms with Crippen molar-refractivity contribution in [2.24, 2.45) is 23.7 Å². The molecule has 3 heterocycles. The number of rotatable bonds is 11. The highest BCUT2D eigenvalue weighted by molar-refractivity contribution is 5.82. The quantitative estimate of drug-likeness (QED) is 0.299. The van der Waals surface area contributed by atoms with E-state index < -0.39 is 24.7 Å². The molecule has 2 aromatic rings. The third-order valence-electron chi connectivity index (χ3n) is 9.21. The van der Waals surface area contributed by atoms with Gasteiger partial charge in [0.1, 0.15) is 30.3 Å². The van der Waals surface area contributed by atoms with Crippen LogP contribution in [-0.2, 0) is 27.4 Å². The Balaban J connectivity index is 1.17. The summed E-state index contributed by atoms with van der Waals surface area (Å²) in [7, 11) is 0. The number of aliphatic hydroxyl groups excluding tert-OH is 2. The topological polar surface area (TPSA) is 178 Å². The van der Waals surface area contributed by atoms with Crippen LogP contribution in [0.15, 0.2) is 6.33 Å². The van der Waals surface area contributed by atoms with Crippen molar-refractivity contribution in [2.75, 3.05) is 25.4 Å². The van der Waals surface area contributed by atoms with E-state index in [-0.39, 0.29) is 36.7 Å². The van der Waals surface area contributed by atoms with Crippen LogP contribution in [0.3, 0.4) is 0 Å². The minimum absolute atomic E-state index is 0.0133. The van der Waals surface area contributed by atoms with Gasteiger partial charge in [-0.15, -0.1) is 0 Å². The molecule has 0 bridgehead atoms. The molecule has 43 heavy (non-hydrogen) atoms. The van der Waals surface area contributed by atoms with Gasteiger partial charge >= 0.3 is 6.09 Å². The number of imidazole rings is 1. The zero-order chi connectivity index (χ0) is 30.7. The van der Waals surface area contributed by atoms with Crippen molar-refractivity contribution in [1.29, 1.82) is 0 Å². The zero-order valence-electron chi connectivity index (χ0n) is 25.5. The average Bonchev–Trinajstić information content (AvgIpc) is 3.69. The Labute approximate surface area is 252 Å². The first-order valence-corrected chi connectivity index (χ1v) is 15.8. The van der Waals surface area contributed by atoms with E-state index in [0.717, 1.165) is 38.5 Å². The zero-order valence-corrected chi connectivity index (χ0v) is 25.5. The summed E-state index contributed by atoms with van der Waals surface area (Å²) in [6.45, 7) is 7.18. The number of hydrogen-bond acceptors (Lipinski definition) is 10. The van der Waals surface area contributed by atoms with Gasteiger partial charge in [0.25, 0.3) is 5.91 Å². The third-order valence-corrected chi connectivity index (χ3v) is 9.21. The number of fused-ring (bicyclic) bond motifs is 1. The molecule has 4 unspecified atom stereocenters. The van der Waals surface area contributed by atoms with Crippen LogP contribution in [0.4, 0.5) is 10.6 Å². The van der Waals surface area contributed by atoms with Gasteiger partial charge in [-0.2, -0.15) is 0 Å². The number of anilines is 1. The van der Waals surface area contributed by atoms with Gasteiger partial charge in [-0.1, -0.05) is 27.2 Å². The number of nitrogens with two attached hydrogens (primary N) is 1. The van der Waals surface area contributed by atoms with Crippen molar-refractivity contribution >= 4 is 29.0 Å².